The number of thioether (sulfide) groups is 1. The number of amides is 1. The summed E-state index contributed by atoms with van der Waals surface area (Å²) in [7, 11) is 0. The first kappa shape index (κ1) is 17.5. The van der Waals surface area contributed by atoms with Crippen molar-refractivity contribution in [2.24, 2.45) is 0 Å². The first-order valence-corrected chi connectivity index (χ1v) is 10.8. The Balaban J connectivity index is 1.60. The molecule has 0 spiro atoms. The molecule has 0 N–H and O–H groups in total. The van der Waals surface area contributed by atoms with Gasteiger partial charge in [-0.15, -0.1) is 11.3 Å². The van der Waals surface area contributed by atoms with E-state index < -0.39 is 0 Å². The summed E-state index contributed by atoms with van der Waals surface area (Å²) in [5.74, 6) is 1.37. The van der Waals surface area contributed by atoms with Crippen LogP contribution < -0.4 is 0 Å². The van der Waals surface area contributed by atoms with Crippen molar-refractivity contribution >= 4 is 39.9 Å². The molecule has 4 nitrogen and oxygen atoms in total. The minimum absolute atomic E-state index is 0.211. The number of rotatable bonds is 4. The first-order valence-electron chi connectivity index (χ1n) is 8.95. The minimum Gasteiger partial charge on any atom is -0.339 e. The highest BCUT2D eigenvalue weighted by atomic mass is 32.2. The van der Waals surface area contributed by atoms with Crippen molar-refractivity contribution in [3.8, 4) is 10.7 Å². The number of thiophene rings is 1. The van der Waals surface area contributed by atoms with Crippen LogP contribution in [0.2, 0.25) is 0 Å². The first-order chi connectivity index (χ1) is 12.7. The molecule has 2 aromatic heterocycles. The Bertz CT molecular complexity index is 911. The number of likely N-dealkylation sites (tertiary alicyclic amines) is 1. The Morgan fingerprint density at radius 2 is 2.12 bits per heavy atom. The van der Waals surface area contributed by atoms with E-state index in [1.807, 2.05) is 46.7 Å². The van der Waals surface area contributed by atoms with E-state index in [2.05, 4.69) is 6.92 Å². The Hall–Kier alpha value is -1.92. The lowest BCUT2D eigenvalue weighted by Crippen LogP contribution is -2.42. The third-order valence-corrected chi connectivity index (χ3v) is 6.61. The molecule has 0 bridgehead atoms. The van der Waals surface area contributed by atoms with E-state index in [0.29, 0.717) is 11.8 Å². The van der Waals surface area contributed by atoms with Gasteiger partial charge >= 0.3 is 0 Å². The van der Waals surface area contributed by atoms with Gasteiger partial charge in [0.15, 0.2) is 5.82 Å². The molecule has 1 saturated heterocycles. The number of benzene rings is 1. The topological polar surface area (TPSA) is 46.1 Å². The molecular weight excluding hydrogens is 362 g/mol. The zero-order valence-electron chi connectivity index (χ0n) is 14.7. The smallest absolute Gasteiger partial charge is 0.233 e. The van der Waals surface area contributed by atoms with Crippen LogP contribution in [0, 0.1) is 0 Å². The van der Waals surface area contributed by atoms with Gasteiger partial charge in [-0.25, -0.2) is 9.97 Å². The molecule has 1 aliphatic rings. The number of fused-ring (bicyclic) bond motifs is 1. The average molecular weight is 384 g/mol. The van der Waals surface area contributed by atoms with Crippen molar-refractivity contribution < 1.29 is 4.79 Å². The Kier molecular flexibility index (Phi) is 5.22. The zero-order chi connectivity index (χ0) is 17.9. The maximum Gasteiger partial charge on any atom is 0.233 e. The predicted molar refractivity (Wildman–Crippen MR) is 109 cm³/mol. The fourth-order valence-electron chi connectivity index (χ4n) is 3.36. The Morgan fingerprint density at radius 1 is 1.23 bits per heavy atom. The van der Waals surface area contributed by atoms with Gasteiger partial charge in [0, 0.05) is 18.0 Å². The molecule has 1 atom stereocenters. The highest BCUT2D eigenvalue weighted by molar-refractivity contribution is 8.00. The van der Waals surface area contributed by atoms with Crippen LogP contribution >= 0.6 is 23.1 Å². The molecule has 3 heterocycles. The van der Waals surface area contributed by atoms with E-state index in [0.717, 1.165) is 46.0 Å². The average Bonchev–Trinajstić information content (AvgIpc) is 3.21. The summed E-state index contributed by atoms with van der Waals surface area (Å²) in [5.41, 5.74) is 0.923. The number of carbonyl (C=O) groups is 1. The third kappa shape index (κ3) is 3.62. The summed E-state index contributed by atoms with van der Waals surface area (Å²) < 4.78 is 0. The summed E-state index contributed by atoms with van der Waals surface area (Å²) in [4.78, 5) is 25.2. The lowest BCUT2D eigenvalue weighted by Gasteiger charge is -2.33. The van der Waals surface area contributed by atoms with Gasteiger partial charge in [0.25, 0.3) is 0 Å². The van der Waals surface area contributed by atoms with Crippen LogP contribution in [0.25, 0.3) is 21.6 Å². The van der Waals surface area contributed by atoms with E-state index in [-0.39, 0.29) is 5.91 Å². The molecule has 1 aliphatic heterocycles. The van der Waals surface area contributed by atoms with Gasteiger partial charge in [-0.1, -0.05) is 36.0 Å². The highest BCUT2D eigenvalue weighted by Gasteiger charge is 2.23. The van der Waals surface area contributed by atoms with E-state index in [1.165, 1.54) is 18.2 Å². The number of nitrogens with zero attached hydrogens (tertiary/aromatic N) is 3. The van der Waals surface area contributed by atoms with Gasteiger partial charge in [-0.3, -0.25) is 4.79 Å². The van der Waals surface area contributed by atoms with Crippen LogP contribution in [0.1, 0.15) is 26.2 Å². The number of para-hydroxylation sites is 1. The van der Waals surface area contributed by atoms with Crippen LogP contribution in [-0.4, -0.2) is 39.1 Å². The van der Waals surface area contributed by atoms with Crippen molar-refractivity contribution in [3.63, 3.8) is 0 Å². The molecule has 0 aliphatic carbocycles. The normalized spacial score (nSPS) is 17.6. The maximum absolute atomic E-state index is 12.7. The van der Waals surface area contributed by atoms with E-state index >= 15 is 0 Å². The lowest BCUT2D eigenvalue weighted by molar-refractivity contribution is -0.131. The standard InChI is InChI=1S/C20H21N3OS2/c1-14-7-4-5-11-23(14)18(24)13-26-20-15-8-2-3-9-16(15)21-19(22-20)17-10-6-12-25-17/h2-3,6,8-10,12,14H,4-5,7,11,13H2,1H3/t14-/m1/s1. The molecule has 3 aromatic rings. The SMILES string of the molecule is C[C@@H]1CCCCN1C(=O)CSc1nc(-c2cccs2)nc2ccccc12. The molecule has 0 radical (unpaired) electrons. The fourth-order valence-corrected chi connectivity index (χ4v) is 4.92. The minimum atomic E-state index is 0.211. The second kappa shape index (κ2) is 7.76. The molecular formula is C20H21N3OS2. The molecule has 134 valence electrons. The number of aromatic nitrogens is 2. The van der Waals surface area contributed by atoms with Gasteiger partial charge in [-0.05, 0) is 43.7 Å². The van der Waals surface area contributed by atoms with Crippen LogP contribution in [0.15, 0.2) is 46.8 Å². The van der Waals surface area contributed by atoms with Crippen molar-refractivity contribution in [2.45, 2.75) is 37.3 Å². The van der Waals surface area contributed by atoms with Crippen LogP contribution in [0.5, 0.6) is 0 Å². The van der Waals surface area contributed by atoms with E-state index in [9.17, 15) is 4.79 Å². The van der Waals surface area contributed by atoms with Gasteiger partial charge < -0.3 is 4.90 Å². The molecule has 4 rings (SSSR count). The molecule has 1 amide bonds. The number of carbonyl (C=O) groups excluding carboxylic acids is 1. The molecule has 1 fully saturated rings. The summed E-state index contributed by atoms with van der Waals surface area (Å²) in [5, 5.41) is 3.93. The summed E-state index contributed by atoms with van der Waals surface area (Å²) in [6.45, 7) is 3.03. The molecule has 26 heavy (non-hydrogen) atoms. The Morgan fingerprint density at radius 3 is 2.92 bits per heavy atom. The number of hydrogen-bond acceptors (Lipinski definition) is 5. The quantitative estimate of drug-likeness (QED) is 0.477. The summed E-state index contributed by atoms with van der Waals surface area (Å²) in [6, 6.07) is 12.4. The van der Waals surface area contributed by atoms with Crippen LogP contribution in [0.3, 0.4) is 0 Å². The lowest BCUT2D eigenvalue weighted by atomic mass is 10.0. The molecule has 0 saturated carbocycles. The number of piperidine rings is 1. The highest BCUT2D eigenvalue weighted by Crippen LogP contribution is 2.30. The second-order valence-electron chi connectivity index (χ2n) is 6.57. The Labute approximate surface area is 161 Å². The van der Waals surface area contributed by atoms with Crippen molar-refractivity contribution in [1.82, 2.24) is 14.9 Å². The van der Waals surface area contributed by atoms with E-state index in [4.69, 9.17) is 9.97 Å². The largest absolute Gasteiger partial charge is 0.339 e. The zero-order valence-corrected chi connectivity index (χ0v) is 16.4. The van der Waals surface area contributed by atoms with Crippen molar-refractivity contribution in [2.75, 3.05) is 12.3 Å². The van der Waals surface area contributed by atoms with Crippen LogP contribution in [0.4, 0.5) is 0 Å². The van der Waals surface area contributed by atoms with Crippen molar-refractivity contribution in [3.05, 3.63) is 41.8 Å². The van der Waals surface area contributed by atoms with Gasteiger partial charge in [-0.2, -0.15) is 0 Å². The van der Waals surface area contributed by atoms with Gasteiger partial charge in [0.05, 0.1) is 16.1 Å². The molecule has 0 unspecified atom stereocenters. The summed E-state index contributed by atoms with van der Waals surface area (Å²) in [6.07, 6.45) is 3.44. The van der Waals surface area contributed by atoms with Crippen LogP contribution in [-0.2, 0) is 4.79 Å². The molecule has 6 heteroatoms. The maximum atomic E-state index is 12.7. The number of hydrogen-bond donors (Lipinski definition) is 0. The third-order valence-electron chi connectivity index (χ3n) is 4.77. The monoisotopic (exact) mass is 383 g/mol. The predicted octanol–water partition coefficient (Wildman–Crippen LogP) is 4.85. The van der Waals surface area contributed by atoms with Gasteiger partial charge in [0.1, 0.15) is 5.03 Å². The van der Waals surface area contributed by atoms with Gasteiger partial charge in [0.2, 0.25) is 5.91 Å². The molecule has 1 aromatic carbocycles. The second-order valence-corrected chi connectivity index (χ2v) is 8.48. The van der Waals surface area contributed by atoms with E-state index in [1.54, 1.807) is 11.3 Å². The fraction of sp³-hybridized carbons (Fsp3) is 0.350. The van der Waals surface area contributed by atoms with Crippen molar-refractivity contribution in [1.29, 1.82) is 0 Å². The summed E-state index contributed by atoms with van der Waals surface area (Å²) >= 11 is 3.16.